The highest BCUT2D eigenvalue weighted by atomic mass is 16.5. The van der Waals surface area contributed by atoms with Crippen LogP contribution in [-0.2, 0) is 0 Å². The number of hydrogen-bond donors (Lipinski definition) is 2. The predicted octanol–water partition coefficient (Wildman–Crippen LogP) is 2.87. The highest BCUT2D eigenvalue weighted by Gasteiger charge is 2.38. The maximum absolute atomic E-state index is 11.1. The molecular weight excluding hydrogens is 264 g/mol. The number of nitrogens with two attached hydrogens (primary N) is 1. The first-order valence-corrected chi connectivity index (χ1v) is 7.93. The first-order chi connectivity index (χ1) is 10.1. The molecule has 116 valence electrons. The molecule has 1 atom stereocenters. The molecule has 0 radical (unpaired) electrons. The lowest BCUT2D eigenvalue weighted by molar-refractivity contribution is 0.0107. The molecule has 0 saturated carbocycles. The molecule has 1 heterocycles. The Kier molecular flexibility index (Phi) is 5.23. The van der Waals surface area contributed by atoms with Crippen molar-refractivity contribution in [2.45, 2.75) is 57.6 Å². The third-order valence-corrected chi connectivity index (χ3v) is 4.60. The fourth-order valence-corrected chi connectivity index (χ4v) is 3.18. The predicted molar refractivity (Wildman–Crippen MR) is 84.5 cm³/mol. The number of amides is 1. The van der Waals surface area contributed by atoms with Gasteiger partial charge in [0.2, 0.25) is 5.91 Å². The molecule has 1 aliphatic rings. The third kappa shape index (κ3) is 3.56. The summed E-state index contributed by atoms with van der Waals surface area (Å²) in [5.74, 6) is 0.392. The number of nitrogens with one attached hydrogen (secondary N) is 1. The SMILES string of the molecule is CCC(CC)(Oc1ccc(C(N)=O)cc1)C1CCCCN1. The summed E-state index contributed by atoms with van der Waals surface area (Å²) in [6, 6.07) is 7.51. The Bertz CT molecular complexity index is 460. The zero-order chi connectivity index (χ0) is 15.3. The van der Waals surface area contributed by atoms with Crippen molar-refractivity contribution in [1.29, 1.82) is 0 Å². The van der Waals surface area contributed by atoms with Crippen molar-refractivity contribution in [2.24, 2.45) is 5.73 Å². The van der Waals surface area contributed by atoms with Gasteiger partial charge in [0.05, 0.1) is 0 Å². The van der Waals surface area contributed by atoms with Crippen molar-refractivity contribution < 1.29 is 9.53 Å². The minimum atomic E-state index is -0.409. The molecule has 1 aromatic rings. The fraction of sp³-hybridized carbons (Fsp3) is 0.588. The van der Waals surface area contributed by atoms with Crippen LogP contribution in [0.4, 0.5) is 0 Å². The Hall–Kier alpha value is -1.55. The van der Waals surface area contributed by atoms with Crippen LogP contribution in [-0.4, -0.2) is 24.1 Å². The van der Waals surface area contributed by atoms with Gasteiger partial charge in [-0.2, -0.15) is 0 Å². The van der Waals surface area contributed by atoms with E-state index in [1.807, 2.05) is 12.1 Å². The average molecular weight is 290 g/mol. The van der Waals surface area contributed by atoms with Gasteiger partial charge >= 0.3 is 0 Å². The number of piperidine rings is 1. The van der Waals surface area contributed by atoms with Crippen molar-refractivity contribution >= 4 is 5.91 Å². The van der Waals surface area contributed by atoms with Gasteiger partial charge in [-0.1, -0.05) is 20.3 Å². The van der Waals surface area contributed by atoms with Gasteiger partial charge in [-0.25, -0.2) is 0 Å². The molecule has 1 aliphatic heterocycles. The normalized spacial score (nSPS) is 19.2. The molecule has 4 heteroatoms. The largest absolute Gasteiger partial charge is 0.486 e. The van der Waals surface area contributed by atoms with E-state index in [1.165, 1.54) is 12.8 Å². The second-order valence-electron chi connectivity index (χ2n) is 5.77. The van der Waals surface area contributed by atoms with Gasteiger partial charge in [-0.05, 0) is 56.5 Å². The van der Waals surface area contributed by atoms with Crippen molar-refractivity contribution in [3.8, 4) is 5.75 Å². The second kappa shape index (κ2) is 6.94. The molecule has 0 spiro atoms. The van der Waals surface area contributed by atoms with Crippen LogP contribution >= 0.6 is 0 Å². The summed E-state index contributed by atoms with van der Waals surface area (Å²) in [6.07, 6.45) is 5.56. The van der Waals surface area contributed by atoms with Crippen LogP contribution in [0.2, 0.25) is 0 Å². The van der Waals surface area contributed by atoms with Gasteiger partial charge in [-0.3, -0.25) is 4.79 Å². The van der Waals surface area contributed by atoms with Crippen molar-refractivity contribution in [3.05, 3.63) is 29.8 Å². The molecule has 4 nitrogen and oxygen atoms in total. The van der Waals surface area contributed by atoms with Crippen LogP contribution in [0.25, 0.3) is 0 Å². The summed E-state index contributed by atoms with van der Waals surface area (Å²) in [5.41, 5.74) is 5.60. The summed E-state index contributed by atoms with van der Waals surface area (Å²) in [5, 5.41) is 3.61. The van der Waals surface area contributed by atoms with E-state index in [4.69, 9.17) is 10.5 Å². The minimum Gasteiger partial charge on any atom is -0.486 e. The van der Waals surface area contributed by atoms with Gasteiger partial charge in [0, 0.05) is 11.6 Å². The first kappa shape index (κ1) is 15.8. The Labute approximate surface area is 127 Å². The van der Waals surface area contributed by atoms with Crippen molar-refractivity contribution in [1.82, 2.24) is 5.32 Å². The summed E-state index contributed by atoms with van der Waals surface area (Å²) in [4.78, 5) is 11.1. The second-order valence-corrected chi connectivity index (χ2v) is 5.77. The molecule has 2 rings (SSSR count). The number of primary amides is 1. The molecule has 1 unspecified atom stereocenters. The van der Waals surface area contributed by atoms with E-state index in [1.54, 1.807) is 12.1 Å². The Morgan fingerprint density at radius 1 is 1.29 bits per heavy atom. The van der Waals surface area contributed by atoms with Gasteiger partial charge in [0.1, 0.15) is 11.4 Å². The topological polar surface area (TPSA) is 64.3 Å². The van der Waals surface area contributed by atoms with Crippen molar-refractivity contribution in [3.63, 3.8) is 0 Å². The molecule has 1 amide bonds. The summed E-state index contributed by atoms with van der Waals surface area (Å²) >= 11 is 0. The Morgan fingerprint density at radius 2 is 1.95 bits per heavy atom. The zero-order valence-electron chi connectivity index (χ0n) is 13.0. The molecule has 0 bridgehead atoms. The molecule has 0 aromatic heterocycles. The quantitative estimate of drug-likeness (QED) is 0.846. The van der Waals surface area contributed by atoms with Crippen LogP contribution < -0.4 is 15.8 Å². The smallest absolute Gasteiger partial charge is 0.248 e. The number of carbonyl (C=O) groups is 1. The number of carbonyl (C=O) groups excluding carboxylic acids is 1. The van der Waals surface area contributed by atoms with Crippen LogP contribution in [0, 0.1) is 0 Å². The van der Waals surface area contributed by atoms with E-state index in [2.05, 4.69) is 19.2 Å². The van der Waals surface area contributed by atoms with Crippen LogP contribution in [0.5, 0.6) is 5.75 Å². The third-order valence-electron chi connectivity index (χ3n) is 4.60. The van der Waals surface area contributed by atoms with E-state index < -0.39 is 5.91 Å². The van der Waals surface area contributed by atoms with Gasteiger partial charge in [0.15, 0.2) is 0 Å². The molecule has 0 aliphatic carbocycles. The number of ether oxygens (including phenoxy) is 1. The standard InChI is InChI=1S/C17H26N2O2/c1-3-17(4-2,15-7-5-6-12-19-15)21-14-10-8-13(9-11-14)16(18)20/h8-11,15,19H,3-7,12H2,1-2H3,(H2,18,20). The van der Waals surface area contributed by atoms with Gasteiger partial charge in [0.25, 0.3) is 0 Å². The molecule has 21 heavy (non-hydrogen) atoms. The Balaban J connectivity index is 2.16. The number of benzene rings is 1. The Morgan fingerprint density at radius 3 is 2.43 bits per heavy atom. The average Bonchev–Trinajstić information content (AvgIpc) is 2.54. The van der Waals surface area contributed by atoms with Crippen LogP contribution in [0.1, 0.15) is 56.3 Å². The molecule has 1 fully saturated rings. The molecule has 1 saturated heterocycles. The molecule has 1 aromatic carbocycles. The maximum Gasteiger partial charge on any atom is 0.248 e. The first-order valence-electron chi connectivity index (χ1n) is 7.93. The minimum absolute atomic E-state index is 0.186. The summed E-state index contributed by atoms with van der Waals surface area (Å²) in [6.45, 7) is 5.42. The van der Waals surface area contributed by atoms with Gasteiger partial charge < -0.3 is 15.8 Å². The van der Waals surface area contributed by atoms with E-state index in [9.17, 15) is 4.79 Å². The van der Waals surface area contributed by atoms with Crippen molar-refractivity contribution in [2.75, 3.05) is 6.54 Å². The lowest BCUT2D eigenvalue weighted by Gasteiger charge is -2.42. The zero-order valence-corrected chi connectivity index (χ0v) is 13.0. The van der Waals surface area contributed by atoms with E-state index in [-0.39, 0.29) is 5.60 Å². The maximum atomic E-state index is 11.1. The molecule has 3 N–H and O–H groups in total. The monoisotopic (exact) mass is 290 g/mol. The van der Waals surface area contributed by atoms with Crippen LogP contribution in [0.15, 0.2) is 24.3 Å². The highest BCUT2D eigenvalue weighted by Crippen LogP contribution is 2.31. The van der Waals surface area contributed by atoms with E-state index in [0.29, 0.717) is 11.6 Å². The van der Waals surface area contributed by atoms with E-state index >= 15 is 0 Å². The molecular formula is C17H26N2O2. The van der Waals surface area contributed by atoms with Gasteiger partial charge in [-0.15, -0.1) is 0 Å². The summed E-state index contributed by atoms with van der Waals surface area (Å²) < 4.78 is 6.36. The fourth-order valence-electron chi connectivity index (χ4n) is 3.18. The lowest BCUT2D eigenvalue weighted by Crippen LogP contribution is -2.55. The van der Waals surface area contributed by atoms with Crippen LogP contribution in [0.3, 0.4) is 0 Å². The number of hydrogen-bond acceptors (Lipinski definition) is 3. The lowest BCUT2D eigenvalue weighted by atomic mass is 9.83. The highest BCUT2D eigenvalue weighted by molar-refractivity contribution is 5.92. The number of rotatable bonds is 6. The van der Waals surface area contributed by atoms with E-state index in [0.717, 1.165) is 31.6 Å². The summed E-state index contributed by atoms with van der Waals surface area (Å²) in [7, 11) is 0.